The molecule has 2 aromatic carbocycles. The highest BCUT2D eigenvalue weighted by Gasteiger charge is 2.37. The second kappa shape index (κ2) is 9.19. The van der Waals surface area contributed by atoms with Crippen molar-refractivity contribution in [1.29, 1.82) is 0 Å². The van der Waals surface area contributed by atoms with Gasteiger partial charge in [-0.15, -0.1) is 0 Å². The molecule has 1 fully saturated rings. The molecule has 0 aromatic heterocycles. The Morgan fingerprint density at radius 3 is 2.44 bits per heavy atom. The second-order valence-corrected chi connectivity index (χ2v) is 7.63. The number of fused-ring (bicyclic) bond motifs is 1. The fraction of sp³-hybridized carbons (Fsp3) is 0.304. The number of ether oxygens (including phenoxy) is 2. The van der Waals surface area contributed by atoms with E-state index in [1.807, 2.05) is 0 Å². The van der Waals surface area contributed by atoms with E-state index in [0.29, 0.717) is 34.9 Å². The Morgan fingerprint density at radius 1 is 1.03 bits per heavy atom. The fourth-order valence-corrected chi connectivity index (χ4v) is 3.68. The van der Waals surface area contributed by atoms with Gasteiger partial charge in [-0.1, -0.05) is 0 Å². The summed E-state index contributed by atoms with van der Waals surface area (Å²) < 4.78 is 11.3. The third-order valence-electron chi connectivity index (χ3n) is 5.29. The van der Waals surface area contributed by atoms with Gasteiger partial charge >= 0.3 is 5.97 Å². The number of amides is 3. The Kier molecular flexibility index (Phi) is 6.18. The van der Waals surface area contributed by atoms with Gasteiger partial charge in [0, 0.05) is 18.7 Å². The van der Waals surface area contributed by atoms with Crippen molar-refractivity contribution in [3.63, 3.8) is 0 Å². The van der Waals surface area contributed by atoms with Crippen molar-refractivity contribution >= 4 is 29.4 Å². The number of benzene rings is 2. The highest BCUT2D eigenvalue weighted by atomic mass is 16.5. The van der Waals surface area contributed by atoms with E-state index in [9.17, 15) is 19.2 Å². The minimum Gasteiger partial charge on any atom is -0.481 e. The maximum absolute atomic E-state index is 12.8. The van der Waals surface area contributed by atoms with Crippen LogP contribution < -0.4 is 10.1 Å². The normalized spacial score (nSPS) is 17.4. The molecule has 0 bridgehead atoms. The van der Waals surface area contributed by atoms with Crippen LogP contribution in [0.3, 0.4) is 0 Å². The third-order valence-corrected chi connectivity index (χ3v) is 5.29. The van der Waals surface area contributed by atoms with Gasteiger partial charge in [0.15, 0.2) is 0 Å². The Bertz CT molecular complexity index is 1060. The Morgan fingerprint density at radius 2 is 1.75 bits per heavy atom. The number of carboxylic acids is 1. The molecule has 0 aliphatic carbocycles. The second-order valence-electron chi connectivity index (χ2n) is 7.63. The van der Waals surface area contributed by atoms with Crippen LogP contribution in [-0.4, -0.2) is 53.0 Å². The average molecular weight is 438 g/mol. The van der Waals surface area contributed by atoms with Crippen molar-refractivity contribution in [2.75, 3.05) is 18.5 Å². The summed E-state index contributed by atoms with van der Waals surface area (Å²) in [6.45, 7) is 0.902. The molecule has 2 aliphatic heterocycles. The van der Waals surface area contributed by atoms with Crippen LogP contribution in [0.4, 0.5) is 5.69 Å². The number of rotatable bonds is 8. The largest absolute Gasteiger partial charge is 0.481 e. The molecular formula is C23H22N2O7. The molecule has 0 saturated carbocycles. The first-order valence-electron chi connectivity index (χ1n) is 10.3. The van der Waals surface area contributed by atoms with Crippen molar-refractivity contribution in [3.8, 4) is 11.5 Å². The van der Waals surface area contributed by atoms with Gasteiger partial charge in [0.2, 0.25) is 5.91 Å². The lowest BCUT2D eigenvalue weighted by molar-refractivity contribution is -0.138. The van der Waals surface area contributed by atoms with E-state index in [-0.39, 0.29) is 37.3 Å². The van der Waals surface area contributed by atoms with Gasteiger partial charge in [0.05, 0.1) is 30.2 Å². The molecular weight excluding hydrogens is 416 g/mol. The molecule has 2 N–H and O–H groups in total. The van der Waals surface area contributed by atoms with Gasteiger partial charge in [-0.25, -0.2) is 0 Å². The Hall–Kier alpha value is -3.72. The molecule has 1 saturated heterocycles. The number of hydrogen-bond acceptors (Lipinski definition) is 6. The minimum atomic E-state index is -1.03. The van der Waals surface area contributed by atoms with E-state index >= 15 is 0 Å². The monoisotopic (exact) mass is 438 g/mol. The lowest BCUT2D eigenvalue weighted by Crippen LogP contribution is -2.36. The van der Waals surface area contributed by atoms with E-state index in [1.165, 1.54) is 4.90 Å². The third kappa shape index (κ3) is 4.78. The van der Waals surface area contributed by atoms with E-state index in [1.54, 1.807) is 42.5 Å². The smallest absolute Gasteiger partial charge is 0.303 e. The number of carboxylic acid groups (broad SMARTS) is 1. The average Bonchev–Trinajstić information content (AvgIpc) is 3.37. The summed E-state index contributed by atoms with van der Waals surface area (Å²) in [5, 5.41) is 11.2. The maximum Gasteiger partial charge on any atom is 0.303 e. The lowest BCUT2D eigenvalue weighted by Gasteiger charge is -2.17. The molecule has 2 heterocycles. The SMILES string of the molecule is O=C(O)CCC(=O)Nc1ccc(Oc2ccc3c(c2)C(=O)N(CC2CCCO2)C3=O)cc1. The zero-order valence-electron chi connectivity index (χ0n) is 17.2. The molecule has 32 heavy (non-hydrogen) atoms. The Balaban J connectivity index is 1.39. The van der Waals surface area contributed by atoms with E-state index in [4.69, 9.17) is 14.6 Å². The minimum absolute atomic E-state index is 0.112. The van der Waals surface area contributed by atoms with Crippen LogP contribution in [0.2, 0.25) is 0 Å². The van der Waals surface area contributed by atoms with Gasteiger partial charge < -0.3 is 19.9 Å². The summed E-state index contributed by atoms with van der Waals surface area (Å²) >= 11 is 0. The van der Waals surface area contributed by atoms with Gasteiger partial charge in [0.25, 0.3) is 11.8 Å². The summed E-state index contributed by atoms with van der Waals surface area (Å²) in [6, 6.07) is 11.3. The van der Waals surface area contributed by atoms with Gasteiger partial charge in [-0.2, -0.15) is 0 Å². The molecule has 166 valence electrons. The van der Waals surface area contributed by atoms with Crippen molar-refractivity contribution in [2.45, 2.75) is 31.8 Å². The Labute approximate surface area is 183 Å². The molecule has 3 amide bonds. The van der Waals surface area contributed by atoms with Crippen molar-refractivity contribution in [3.05, 3.63) is 53.6 Å². The summed E-state index contributed by atoms with van der Waals surface area (Å²) in [4.78, 5) is 48.9. The molecule has 2 aromatic rings. The molecule has 0 radical (unpaired) electrons. The van der Waals surface area contributed by atoms with Gasteiger partial charge in [0.1, 0.15) is 11.5 Å². The number of nitrogens with zero attached hydrogens (tertiary/aromatic N) is 1. The van der Waals surface area contributed by atoms with Gasteiger partial charge in [-0.05, 0) is 55.3 Å². The highest BCUT2D eigenvalue weighted by Crippen LogP contribution is 2.30. The van der Waals surface area contributed by atoms with Crippen molar-refractivity contribution in [2.24, 2.45) is 0 Å². The molecule has 2 aliphatic rings. The van der Waals surface area contributed by atoms with Crippen LogP contribution in [0, 0.1) is 0 Å². The van der Waals surface area contributed by atoms with Gasteiger partial charge in [-0.3, -0.25) is 24.1 Å². The number of carbonyl (C=O) groups excluding carboxylic acids is 3. The number of nitrogens with one attached hydrogen (secondary N) is 1. The van der Waals surface area contributed by atoms with Crippen molar-refractivity contribution in [1.82, 2.24) is 4.90 Å². The number of hydrogen-bond donors (Lipinski definition) is 2. The summed E-state index contributed by atoms with van der Waals surface area (Å²) in [5.74, 6) is -1.23. The van der Waals surface area contributed by atoms with Crippen LogP contribution in [0.25, 0.3) is 0 Å². The number of aliphatic carboxylic acids is 1. The topological polar surface area (TPSA) is 122 Å². The maximum atomic E-state index is 12.8. The van der Waals surface area contributed by atoms with Crippen LogP contribution in [0.5, 0.6) is 11.5 Å². The number of imide groups is 1. The predicted octanol–water partition coefficient (Wildman–Crippen LogP) is 3.06. The molecule has 9 nitrogen and oxygen atoms in total. The first-order chi connectivity index (χ1) is 15.4. The lowest BCUT2D eigenvalue weighted by atomic mass is 10.1. The fourth-order valence-electron chi connectivity index (χ4n) is 3.68. The number of anilines is 1. The van der Waals surface area contributed by atoms with E-state index < -0.39 is 11.9 Å². The standard InChI is InChI=1S/C23H22N2O7/c26-20(9-10-21(27)28)24-14-3-5-15(6-4-14)32-16-7-8-18-19(12-16)23(30)25(22(18)29)13-17-2-1-11-31-17/h3-8,12,17H,1-2,9-11,13H2,(H,24,26)(H,27,28). The summed E-state index contributed by atoms with van der Waals surface area (Å²) in [7, 11) is 0. The van der Waals surface area contributed by atoms with Crippen LogP contribution in [-0.2, 0) is 14.3 Å². The van der Waals surface area contributed by atoms with Crippen molar-refractivity contribution < 1.29 is 33.8 Å². The molecule has 1 atom stereocenters. The predicted molar refractivity (Wildman–Crippen MR) is 113 cm³/mol. The van der Waals surface area contributed by atoms with E-state index in [2.05, 4.69) is 5.32 Å². The van der Waals surface area contributed by atoms with Crippen LogP contribution in [0.1, 0.15) is 46.4 Å². The van der Waals surface area contributed by atoms with Crippen LogP contribution >= 0.6 is 0 Å². The number of carbonyl (C=O) groups is 4. The summed E-state index contributed by atoms with van der Waals surface area (Å²) in [6.07, 6.45) is 1.29. The summed E-state index contributed by atoms with van der Waals surface area (Å²) in [5.41, 5.74) is 1.15. The quantitative estimate of drug-likeness (QED) is 0.607. The molecule has 9 heteroatoms. The van der Waals surface area contributed by atoms with Crippen LogP contribution in [0.15, 0.2) is 42.5 Å². The zero-order chi connectivity index (χ0) is 22.7. The van der Waals surface area contributed by atoms with E-state index in [0.717, 1.165) is 12.8 Å². The highest BCUT2D eigenvalue weighted by molar-refractivity contribution is 6.21. The molecule has 0 spiro atoms. The molecule has 1 unspecified atom stereocenters. The first-order valence-corrected chi connectivity index (χ1v) is 10.3. The first kappa shape index (κ1) is 21.5. The zero-order valence-corrected chi connectivity index (χ0v) is 17.2. The molecule has 4 rings (SSSR count).